The van der Waals surface area contributed by atoms with E-state index in [0.717, 1.165) is 30.6 Å². The smallest absolute Gasteiger partial charge is 0.352 e. The number of amides is 1. The third kappa shape index (κ3) is 5.79. The lowest BCUT2D eigenvalue weighted by molar-refractivity contribution is -0.126. The summed E-state index contributed by atoms with van der Waals surface area (Å²) in [5.74, 6) is 7.23. The maximum absolute atomic E-state index is 13.8. The molecule has 1 atom stereocenters. The number of carbonyl (C=O) groups is 2. The third-order valence-corrected chi connectivity index (χ3v) is 7.14. The van der Waals surface area contributed by atoms with Crippen LogP contribution < -0.4 is 9.64 Å². The van der Waals surface area contributed by atoms with Crippen molar-refractivity contribution < 1.29 is 19.1 Å². The standard InChI is InChI=1S/C27H32N2O4S/c1-18-7-9-19(10-8-18)25(30)29-22-16-21(11-13-27(2,3)4)34-24(22)26(31)33-23(29)12-15-32-20-6-5-14-28-17-20/h5-6,14,16-19,23H,7-10,12,15H2,1-4H3/t18-,19-,23-/m0/s1. The number of hydrogen-bond acceptors (Lipinski definition) is 6. The van der Waals surface area contributed by atoms with Gasteiger partial charge in [0.15, 0.2) is 6.23 Å². The highest BCUT2D eigenvalue weighted by Crippen LogP contribution is 2.40. The zero-order valence-electron chi connectivity index (χ0n) is 20.3. The number of carbonyl (C=O) groups excluding carboxylic acids is 2. The Morgan fingerprint density at radius 3 is 2.74 bits per heavy atom. The maximum Gasteiger partial charge on any atom is 0.352 e. The molecule has 0 unspecified atom stereocenters. The van der Waals surface area contributed by atoms with E-state index in [0.29, 0.717) is 35.3 Å². The average Bonchev–Trinajstić information content (AvgIpc) is 3.23. The zero-order valence-corrected chi connectivity index (χ0v) is 21.1. The highest BCUT2D eigenvalue weighted by molar-refractivity contribution is 7.15. The number of cyclic esters (lactones) is 1. The van der Waals surface area contributed by atoms with E-state index in [1.807, 2.05) is 32.9 Å². The minimum absolute atomic E-state index is 0.0279. The molecule has 2 aromatic rings. The van der Waals surface area contributed by atoms with Gasteiger partial charge < -0.3 is 9.47 Å². The Morgan fingerprint density at radius 2 is 2.06 bits per heavy atom. The number of thiophene rings is 1. The van der Waals surface area contributed by atoms with E-state index >= 15 is 0 Å². The Kier molecular flexibility index (Phi) is 7.27. The van der Waals surface area contributed by atoms with Crippen LogP contribution in [0.4, 0.5) is 5.69 Å². The highest BCUT2D eigenvalue weighted by atomic mass is 32.1. The molecule has 34 heavy (non-hydrogen) atoms. The molecule has 3 heterocycles. The van der Waals surface area contributed by atoms with Crippen LogP contribution in [0.25, 0.3) is 0 Å². The molecule has 180 valence electrons. The first-order valence-electron chi connectivity index (χ1n) is 11.9. The molecule has 2 aromatic heterocycles. The van der Waals surface area contributed by atoms with Gasteiger partial charge in [-0.1, -0.05) is 18.8 Å². The number of rotatable bonds is 5. The predicted octanol–water partition coefficient (Wildman–Crippen LogP) is 5.67. The second-order valence-electron chi connectivity index (χ2n) is 10.2. The van der Waals surface area contributed by atoms with Gasteiger partial charge >= 0.3 is 5.97 Å². The van der Waals surface area contributed by atoms with Crippen molar-refractivity contribution in [1.82, 2.24) is 4.98 Å². The Morgan fingerprint density at radius 1 is 1.29 bits per heavy atom. The van der Waals surface area contributed by atoms with Crippen LogP contribution in [-0.2, 0) is 9.53 Å². The van der Waals surface area contributed by atoms with Gasteiger partial charge in [-0.3, -0.25) is 14.7 Å². The molecule has 0 aromatic carbocycles. The van der Waals surface area contributed by atoms with E-state index in [1.165, 1.54) is 11.3 Å². The van der Waals surface area contributed by atoms with E-state index in [4.69, 9.17) is 9.47 Å². The molecule has 1 aliphatic carbocycles. The van der Waals surface area contributed by atoms with Crippen molar-refractivity contribution in [2.75, 3.05) is 11.5 Å². The molecular formula is C27H32N2O4S. The van der Waals surface area contributed by atoms with Crippen LogP contribution in [0.2, 0.25) is 0 Å². The molecule has 1 fully saturated rings. The molecule has 0 N–H and O–H groups in total. The van der Waals surface area contributed by atoms with Crippen molar-refractivity contribution in [3.8, 4) is 17.6 Å². The molecule has 0 bridgehead atoms. The van der Waals surface area contributed by atoms with Gasteiger partial charge in [-0.2, -0.15) is 0 Å². The third-order valence-electron chi connectivity index (χ3n) is 6.12. The van der Waals surface area contributed by atoms with Gasteiger partial charge in [0.2, 0.25) is 5.91 Å². The first-order valence-corrected chi connectivity index (χ1v) is 12.8. The summed E-state index contributed by atoms with van der Waals surface area (Å²) < 4.78 is 11.6. The van der Waals surface area contributed by atoms with E-state index in [9.17, 15) is 9.59 Å². The van der Waals surface area contributed by atoms with E-state index in [-0.39, 0.29) is 17.2 Å². The number of ether oxygens (including phenoxy) is 2. The highest BCUT2D eigenvalue weighted by Gasteiger charge is 2.41. The van der Waals surface area contributed by atoms with Crippen molar-refractivity contribution in [2.24, 2.45) is 17.3 Å². The number of aromatic nitrogens is 1. The summed E-state index contributed by atoms with van der Waals surface area (Å²) in [4.78, 5) is 33.6. The molecule has 2 aliphatic rings. The summed E-state index contributed by atoms with van der Waals surface area (Å²) in [5.41, 5.74) is 0.459. The molecule has 6 nitrogen and oxygen atoms in total. The number of nitrogens with zero attached hydrogens (tertiary/aromatic N) is 2. The molecule has 1 saturated carbocycles. The normalized spacial score (nSPS) is 22.3. The SMILES string of the molecule is CC(C)(C)C#Cc1cc2c(s1)C(=O)O[C@@H](CCOc1cccnc1)N2C(=O)[C@H]1CC[C@H](C)CC1. The fourth-order valence-electron chi connectivity index (χ4n) is 4.26. The molecule has 1 aliphatic heterocycles. The minimum Gasteiger partial charge on any atom is -0.492 e. The van der Waals surface area contributed by atoms with Crippen LogP contribution in [-0.4, -0.2) is 29.7 Å². The topological polar surface area (TPSA) is 68.7 Å². The van der Waals surface area contributed by atoms with E-state index in [1.54, 1.807) is 23.4 Å². The Bertz CT molecular complexity index is 1090. The van der Waals surface area contributed by atoms with Gasteiger partial charge in [-0.05, 0) is 70.6 Å². The van der Waals surface area contributed by atoms with Crippen LogP contribution in [0.5, 0.6) is 5.75 Å². The maximum atomic E-state index is 13.8. The van der Waals surface area contributed by atoms with Gasteiger partial charge in [-0.15, -0.1) is 11.3 Å². The molecular weight excluding hydrogens is 448 g/mol. The summed E-state index contributed by atoms with van der Waals surface area (Å²) in [6.07, 6.45) is 6.78. The Hall–Kier alpha value is -2.85. The van der Waals surface area contributed by atoms with Crippen molar-refractivity contribution in [3.63, 3.8) is 0 Å². The largest absolute Gasteiger partial charge is 0.492 e. The number of anilines is 1. The predicted molar refractivity (Wildman–Crippen MR) is 133 cm³/mol. The van der Waals surface area contributed by atoms with E-state index < -0.39 is 12.2 Å². The summed E-state index contributed by atoms with van der Waals surface area (Å²) in [7, 11) is 0. The first kappa shape index (κ1) is 24.3. The fraction of sp³-hybridized carbons (Fsp3) is 0.519. The molecule has 1 amide bonds. The summed E-state index contributed by atoms with van der Waals surface area (Å²) in [5, 5.41) is 0. The molecule has 0 radical (unpaired) electrons. The summed E-state index contributed by atoms with van der Waals surface area (Å²) in [6, 6.07) is 5.49. The quantitative estimate of drug-likeness (QED) is 0.408. The minimum atomic E-state index is -0.707. The molecule has 0 saturated heterocycles. The van der Waals surface area contributed by atoms with Crippen LogP contribution in [0.3, 0.4) is 0 Å². The van der Waals surface area contributed by atoms with Crippen molar-refractivity contribution >= 4 is 28.9 Å². The number of fused-ring (bicyclic) bond motifs is 1. The Labute approximate surface area is 205 Å². The van der Waals surface area contributed by atoms with Crippen molar-refractivity contribution in [2.45, 2.75) is 66.0 Å². The molecule has 7 heteroatoms. The van der Waals surface area contributed by atoms with Crippen LogP contribution in [0.1, 0.15) is 74.3 Å². The first-order chi connectivity index (χ1) is 16.2. The van der Waals surface area contributed by atoms with Crippen molar-refractivity contribution in [1.29, 1.82) is 0 Å². The lowest BCUT2D eigenvalue weighted by Crippen LogP contribution is -2.50. The zero-order chi connectivity index (χ0) is 24.3. The molecule has 4 rings (SSSR count). The lowest BCUT2D eigenvalue weighted by Gasteiger charge is -2.38. The monoisotopic (exact) mass is 480 g/mol. The van der Waals surface area contributed by atoms with Crippen LogP contribution >= 0.6 is 11.3 Å². The number of pyridine rings is 1. The fourth-order valence-corrected chi connectivity index (χ4v) is 5.15. The van der Waals surface area contributed by atoms with Gasteiger partial charge in [0.05, 0.1) is 23.4 Å². The van der Waals surface area contributed by atoms with Crippen LogP contribution in [0, 0.1) is 29.1 Å². The average molecular weight is 481 g/mol. The van der Waals surface area contributed by atoms with Gasteiger partial charge in [-0.25, -0.2) is 4.79 Å². The van der Waals surface area contributed by atoms with Gasteiger partial charge in [0.1, 0.15) is 10.6 Å². The molecule has 0 spiro atoms. The van der Waals surface area contributed by atoms with Gasteiger partial charge in [0, 0.05) is 24.0 Å². The number of esters is 1. The van der Waals surface area contributed by atoms with Crippen LogP contribution in [0.15, 0.2) is 30.6 Å². The van der Waals surface area contributed by atoms with E-state index in [2.05, 4.69) is 23.7 Å². The van der Waals surface area contributed by atoms with Gasteiger partial charge in [0.25, 0.3) is 0 Å². The second-order valence-corrected chi connectivity index (χ2v) is 11.2. The summed E-state index contributed by atoms with van der Waals surface area (Å²) >= 11 is 1.29. The Balaban J connectivity index is 1.60. The lowest BCUT2D eigenvalue weighted by atomic mass is 9.82. The number of hydrogen-bond donors (Lipinski definition) is 0. The second kappa shape index (κ2) is 10.2. The van der Waals surface area contributed by atoms with Crippen molar-refractivity contribution in [3.05, 3.63) is 40.3 Å². The summed E-state index contributed by atoms with van der Waals surface area (Å²) in [6.45, 7) is 8.66.